The summed E-state index contributed by atoms with van der Waals surface area (Å²) in [7, 11) is 4.30. The lowest BCUT2D eigenvalue weighted by Crippen LogP contribution is -2.42. The van der Waals surface area contributed by atoms with Gasteiger partial charge >= 0.3 is 0 Å². The van der Waals surface area contributed by atoms with Gasteiger partial charge in [-0.3, -0.25) is 4.68 Å². The second-order valence-electron chi connectivity index (χ2n) is 8.93. The summed E-state index contributed by atoms with van der Waals surface area (Å²) in [6.07, 6.45) is 3.89. The molecule has 1 N–H and O–H groups in total. The van der Waals surface area contributed by atoms with E-state index < -0.39 is 0 Å². The summed E-state index contributed by atoms with van der Waals surface area (Å²) in [6.45, 7) is 10.3. The summed E-state index contributed by atoms with van der Waals surface area (Å²) in [5, 5.41) is 8.38. The van der Waals surface area contributed by atoms with Gasteiger partial charge in [0.2, 0.25) is 5.95 Å². The number of pyridine rings is 1. The molecule has 4 heterocycles. The Labute approximate surface area is 202 Å². The number of likely N-dealkylation sites (tertiary alicyclic amines) is 1. The number of aromatic nitrogens is 5. The molecule has 0 bridgehead atoms. The average Bonchev–Trinajstić information content (AvgIpc) is 3.22. The Morgan fingerprint density at radius 2 is 1.88 bits per heavy atom. The third-order valence-corrected chi connectivity index (χ3v) is 6.60. The third-order valence-electron chi connectivity index (χ3n) is 6.60. The van der Waals surface area contributed by atoms with Gasteiger partial charge < -0.3 is 19.9 Å². The normalized spacial score (nSPS) is 15.2. The maximum atomic E-state index is 5.62. The molecule has 0 saturated carbocycles. The van der Waals surface area contributed by atoms with Crippen LogP contribution in [0.4, 0.5) is 17.6 Å². The van der Waals surface area contributed by atoms with Crippen LogP contribution < -0.4 is 10.2 Å². The highest BCUT2D eigenvalue weighted by Crippen LogP contribution is 2.30. The van der Waals surface area contributed by atoms with Gasteiger partial charge in [-0.1, -0.05) is 19.9 Å². The molecule has 9 nitrogen and oxygen atoms in total. The number of nitrogens with zero attached hydrogens (tertiary/aromatic N) is 7. The van der Waals surface area contributed by atoms with Crippen molar-refractivity contribution in [2.24, 2.45) is 0 Å². The topological polar surface area (TPSA) is 84.2 Å². The summed E-state index contributed by atoms with van der Waals surface area (Å²) in [6, 6.07) is 6.47. The van der Waals surface area contributed by atoms with E-state index in [-0.39, 0.29) is 0 Å². The lowest BCUT2D eigenvalue weighted by Gasteiger charge is -2.35. The van der Waals surface area contributed by atoms with E-state index in [9.17, 15) is 0 Å². The van der Waals surface area contributed by atoms with Gasteiger partial charge in [0.25, 0.3) is 0 Å². The molecule has 3 aromatic rings. The van der Waals surface area contributed by atoms with E-state index in [2.05, 4.69) is 43.1 Å². The number of rotatable bonds is 10. The van der Waals surface area contributed by atoms with Gasteiger partial charge in [0.1, 0.15) is 16.9 Å². The molecule has 1 aliphatic rings. The van der Waals surface area contributed by atoms with Crippen LogP contribution in [0.5, 0.6) is 0 Å². The fraction of sp³-hybridized carbons (Fsp3) is 0.600. The van der Waals surface area contributed by atoms with Crippen molar-refractivity contribution in [2.45, 2.75) is 59.0 Å². The van der Waals surface area contributed by atoms with Crippen LogP contribution in [0.15, 0.2) is 18.2 Å². The highest BCUT2D eigenvalue weighted by molar-refractivity contribution is 5.90. The minimum absolute atomic E-state index is 0.418. The molecule has 0 radical (unpaired) electrons. The molecular weight excluding hydrogens is 428 g/mol. The van der Waals surface area contributed by atoms with Gasteiger partial charge in [-0.15, -0.1) is 0 Å². The highest BCUT2D eigenvalue weighted by atomic mass is 16.5. The smallest absolute Gasteiger partial charge is 0.228 e. The van der Waals surface area contributed by atoms with Gasteiger partial charge in [0.05, 0.1) is 18.8 Å². The summed E-state index contributed by atoms with van der Waals surface area (Å²) in [5.74, 6) is 2.25. The molecule has 9 heteroatoms. The van der Waals surface area contributed by atoms with Crippen molar-refractivity contribution in [3.8, 4) is 0 Å². The molecule has 0 spiro atoms. The molecule has 34 heavy (non-hydrogen) atoms. The number of nitrogens with one attached hydrogen (secondary N) is 1. The zero-order valence-corrected chi connectivity index (χ0v) is 21.2. The van der Waals surface area contributed by atoms with Crippen LogP contribution in [0.3, 0.4) is 0 Å². The number of aryl methyl sites for hydroxylation is 2. The first-order valence-electron chi connectivity index (χ1n) is 12.5. The Bertz CT molecular complexity index is 1090. The predicted molar refractivity (Wildman–Crippen MR) is 137 cm³/mol. The molecular formula is C25H38N8O. The summed E-state index contributed by atoms with van der Waals surface area (Å²) in [4.78, 5) is 19.4. The maximum Gasteiger partial charge on any atom is 0.228 e. The van der Waals surface area contributed by atoms with E-state index >= 15 is 0 Å². The van der Waals surface area contributed by atoms with E-state index in [1.54, 1.807) is 0 Å². The van der Waals surface area contributed by atoms with Gasteiger partial charge in [0.15, 0.2) is 5.82 Å². The van der Waals surface area contributed by atoms with E-state index in [4.69, 9.17) is 24.8 Å². The third kappa shape index (κ3) is 5.31. The van der Waals surface area contributed by atoms with Crippen molar-refractivity contribution < 1.29 is 4.74 Å². The van der Waals surface area contributed by atoms with Gasteiger partial charge in [-0.2, -0.15) is 10.1 Å². The first-order valence-corrected chi connectivity index (χ1v) is 12.5. The number of hydrogen-bond donors (Lipinski definition) is 1. The summed E-state index contributed by atoms with van der Waals surface area (Å²) >= 11 is 0. The van der Waals surface area contributed by atoms with Crippen molar-refractivity contribution in [3.05, 3.63) is 29.6 Å². The monoisotopic (exact) mass is 466 g/mol. The van der Waals surface area contributed by atoms with E-state index in [0.717, 1.165) is 78.8 Å². The lowest BCUT2D eigenvalue weighted by atomic mass is 10.0. The Balaban J connectivity index is 1.77. The first-order chi connectivity index (χ1) is 16.5. The van der Waals surface area contributed by atoms with Crippen LogP contribution in [-0.4, -0.2) is 76.1 Å². The summed E-state index contributed by atoms with van der Waals surface area (Å²) < 4.78 is 7.60. The lowest BCUT2D eigenvalue weighted by molar-refractivity contribution is 0.137. The number of hydrogen-bond acceptors (Lipinski definition) is 8. The second-order valence-corrected chi connectivity index (χ2v) is 8.93. The molecule has 184 valence electrons. The summed E-state index contributed by atoms with van der Waals surface area (Å²) in [5.41, 5.74) is 3.82. The Kier molecular flexibility index (Phi) is 7.95. The zero-order valence-electron chi connectivity index (χ0n) is 21.2. The number of ether oxygens (including phenoxy) is 1. The van der Waals surface area contributed by atoms with Crippen LogP contribution in [0.25, 0.3) is 11.0 Å². The Morgan fingerprint density at radius 3 is 2.59 bits per heavy atom. The van der Waals surface area contributed by atoms with E-state index in [1.165, 1.54) is 0 Å². The predicted octanol–water partition coefficient (Wildman–Crippen LogP) is 3.66. The molecule has 1 fully saturated rings. The van der Waals surface area contributed by atoms with Crippen LogP contribution in [-0.2, 0) is 24.1 Å². The highest BCUT2D eigenvalue weighted by Gasteiger charge is 2.25. The van der Waals surface area contributed by atoms with Crippen molar-refractivity contribution in [2.75, 3.05) is 50.6 Å². The quantitative estimate of drug-likeness (QED) is 0.453. The molecule has 1 saturated heterocycles. The minimum atomic E-state index is 0.418. The van der Waals surface area contributed by atoms with Crippen LogP contribution in [0.2, 0.25) is 0 Å². The molecule has 0 unspecified atom stereocenters. The second kappa shape index (κ2) is 11.1. The minimum Gasteiger partial charge on any atom is -0.380 e. The average molecular weight is 467 g/mol. The fourth-order valence-corrected chi connectivity index (χ4v) is 4.48. The van der Waals surface area contributed by atoms with Gasteiger partial charge in [-0.25, -0.2) is 9.97 Å². The van der Waals surface area contributed by atoms with Crippen LogP contribution in [0.1, 0.15) is 45.0 Å². The fourth-order valence-electron chi connectivity index (χ4n) is 4.48. The molecule has 0 aromatic carbocycles. The molecule has 0 aliphatic carbocycles. The van der Waals surface area contributed by atoms with Crippen molar-refractivity contribution in [1.82, 2.24) is 29.6 Å². The molecule has 0 amide bonds. The van der Waals surface area contributed by atoms with Gasteiger partial charge in [0, 0.05) is 25.4 Å². The Hall–Kier alpha value is -2.78. The van der Waals surface area contributed by atoms with Crippen molar-refractivity contribution in [1.29, 1.82) is 0 Å². The number of piperidine rings is 1. The molecule has 0 atom stereocenters. The number of fused-ring (bicyclic) bond motifs is 1. The number of anilines is 3. The first kappa shape index (κ1) is 24.3. The SMILES string of the molecule is CCOCCn1nc(CC)c2nc(N(C)C3CCN(C)CC3)nc(Nc3cccc(CC)n3)c21. The molecule has 3 aromatic heterocycles. The van der Waals surface area contributed by atoms with E-state index in [1.807, 2.05) is 29.8 Å². The van der Waals surface area contributed by atoms with Gasteiger partial charge in [-0.05, 0) is 64.9 Å². The van der Waals surface area contributed by atoms with Crippen LogP contribution >= 0.6 is 0 Å². The largest absolute Gasteiger partial charge is 0.380 e. The standard InChI is InChI=1S/C25H38N8O/c1-6-18-10-9-11-21(26-18)27-24-23-22(20(7-2)30-33(23)16-17-34-8-3)28-25(29-24)32(5)19-12-14-31(4)15-13-19/h9-11,19H,6-8,12-17H2,1-5H3,(H,26,27,28,29). The van der Waals surface area contributed by atoms with Crippen molar-refractivity contribution >= 4 is 28.6 Å². The van der Waals surface area contributed by atoms with Crippen molar-refractivity contribution in [3.63, 3.8) is 0 Å². The maximum absolute atomic E-state index is 5.62. The Morgan fingerprint density at radius 1 is 1.09 bits per heavy atom. The molecule has 1 aliphatic heterocycles. The van der Waals surface area contributed by atoms with E-state index in [0.29, 0.717) is 25.8 Å². The van der Waals surface area contributed by atoms with Crippen LogP contribution in [0, 0.1) is 0 Å². The molecule has 4 rings (SSSR count). The zero-order chi connectivity index (χ0) is 24.1.